The Balaban J connectivity index is 1.59. The molecule has 0 bridgehead atoms. The van der Waals surface area contributed by atoms with Crippen molar-refractivity contribution in [3.8, 4) is 0 Å². The second-order valence-corrected chi connectivity index (χ2v) is 8.44. The third-order valence-electron chi connectivity index (χ3n) is 5.46. The maximum Gasteiger partial charge on any atom is 0.416 e. The van der Waals surface area contributed by atoms with Gasteiger partial charge in [0, 0.05) is 18.5 Å². The van der Waals surface area contributed by atoms with Gasteiger partial charge in [0.25, 0.3) is 5.91 Å². The van der Waals surface area contributed by atoms with Crippen LogP contribution in [-0.2, 0) is 25.4 Å². The highest BCUT2D eigenvalue weighted by Gasteiger charge is 2.34. The molecule has 1 aromatic heterocycles. The molecule has 0 saturated heterocycles. The first-order valence-electron chi connectivity index (χ1n) is 9.47. The standard InChI is InChI=1S/C21H25F3N2O2/c1-20(2,3)15-8-9-17-16(12-15)18(26-28-17)19(27)25-11-10-13-4-6-14(7-5-13)21(22,23)24/h4-7,15H,8-12H2,1-3H3,(H,25,27)/t15-/m1/s1. The Kier molecular flexibility index (Phi) is 5.55. The van der Waals surface area contributed by atoms with Crippen molar-refractivity contribution in [1.29, 1.82) is 0 Å². The molecule has 3 rings (SSSR count). The van der Waals surface area contributed by atoms with Crippen molar-refractivity contribution in [1.82, 2.24) is 10.5 Å². The highest BCUT2D eigenvalue weighted by Crippen LogP contribution is 2.38. The van der Waals surface area contributed by atoms with E-state index in [1.54, 1.807) is 0 Å². The predicted molar refractivity (Wildman–Crippen MR) is 99.0 cm³/mol. The summed E-state index contributed by atoms with van der Waals surface area (Å²) in [6.07, 6.45) is -1.34. The number of benzene rings is 1. The minimum absolute atomic E-state index is 0.144. The van der Waals surface area contributed by atoms with Crippen LogP contribution in [0.3, 0.4) is 0 Å². The first kappa shape index (κ1) is 20.4. The SMILES string of the molecule is CC(C)(C)[C@@H]1CCc2onc(C(=O)NCCc3ccc(C(F)(F)F)cc3)c2C1. The zero-order valence-electron chi connectivity index (χ0n) is 16.3. The topological polar surface area (TPSA) is 55.1 Å². The molecule has 0 aliphatic heterocycles. The van der Waals surface area contributed by atoms with Crippen LogP contribution in [-0.4, -0.2) is 17.6 Å². The number of amides is 1. The molecular formula is C21H25F3N2O2. The van der Waals surface area contributed by atoms with Crippen LogP contribution in [0.5, 0.6) is 0 Å². The first-order valence-corrected chi connectivity index (χ1v) is 9.47. The predicted octanol–water partition coefficient (Wildman–Crippen LogP) is 4.82. The molecule has 0 unspecified atom stereocenters. The zero-order valence-corrected chi connectivity index (χ0v) is 16.3. The van der Waals surface area contributed by atoms with Gasteiger partial charge in [-0.05, 0) is 48.3 Å². The number of alkyl halides is 3. The van der Waals surface area contributed by atoms with Gasteiger partial charge in [0.05, 0.1) is 5.56 Å². The van der Waals surface area contributed by atoms with Gasteiger partial charge in [-0.15, -0.1) is 0 Å². The fourth-order valence-electron chi connectivity index (χ4n) is 3.59. The number of hydrogen-bond acceptors (Lipinski definition) is 3. The third-order valence-corrected chi connectivity index (χ3v) is 5.46. The Labute approximate surface area is 162 Å². The van der Waals surface area contributed by atoms with Crippen molar-refractivity contribution in [3.05, 3.63) is 52.4 Å². The molecule has 28 heavy (non-hydrogen) atoms. The molecule has 1 atom stereocenters. The van der Waals surface area contributed by atoms with E-state index in [4.69, 9.17) is 4.52 Å². The molecule has 4 nitrogen and oxygen atoms in total. The van der Waals surface area contributed by atoms with Crippen LogP contribution in [0.4, 0.5) is 13.2 Å². The number of nitrogens with zero attached hydrogens (tertiary/aromatic N) is 1. The number of nitrogens with one attached hydrogen (secondary N) is 1. The van der Waals surface area contributed by atoms with Crippen LogP contribution in [0, 0.1) is 11.3 Å². The Morgan fingerprint density at radius 3 is 2.50 bits per heavy atom. The maximum absolute atomic E-state index is 12.6. The lowest BCUT2D eigenvalue weighted by Gasteiger charge is -2.33. The monoisotopic (exact) mass is 394 g/mol. The second-order valence-electron chi connectivity index (χ2n) is 8.44. The largest absolute Gasteiger partial charge is 0.416 e. The Morgan fingerprint density at radius 2 is 1.89 bits per heavy atom. The molecule has 1 aliphatic carbocycles. The lowest BCUT2D eigenvalue weighted by molar-refractivity contribution is -0.137. The van der Waals surface area contributed by atoms with E-state index in [2.05, 4.69) is 31.2 Å². The molecule has 1 amide bonds. The van der Waals surface area contributed by atoms with Gasteiger partial charge >= 0.3 is 6.18 Å². The fourth-order valence-corrected chi connectivity index (χ4v) is 3.59. The van der Waals surface area contributed by atoms with E-state index in [0.29, 0.717) is 24.6 Å². The van der Waals surface area contributed by atoms with Gasteiger partial charge in [0.15, 0.2) is 5.69 Å². The lowest BCUT2D eigenvalue weighted by atomic mass is 9.71. The smallest absolute Gasteiger partial charge is 0.360 e. The van der Waals surface area contributed by atoms with Crippen molar-refractivity contribution in [2.75, 3.05) is 6.54 Å². The number of hydrogen-bond donors (Lipinski definition) is 1. The highest BCUT2D eigenvalue weighted by molar-refractivity contribution is 5.93. The molecule has 1 heterocycles. The van der Waals surface area contributed by atoms with Crippen molar-refractivity contribution in [2.45, 2.75) is 52.6 Å². The van der Waals surface area contributed by atoms with E-state index in [0.717, 1.165) is 48.3 Å². The Hall–Kier alpha value is -2.31. The van der Waals surface area contributed by atoms with Crippen LogP contribution in [0.15, 0.2) is 28.8 Å². The molecule has 2 aromatic rings. The average molecular weight is 394 g/mol. The number of rotatable bonds is 4. The summed E-state index contributed by atoms with van der Waals surface area (Å²) in [5, 5.41) is 6.76. The zero-order chi connectivity index (χ0) is 20.5. The molecule has 7 heteroatoms. The third kappa shape index (κ3) is 4.56. The van der Waals surface area contributed by atoms with Crippen LogP contribution < -0.4 is 5.32 Å². The van der Waals surface area contributed by atoms with Crippen molar-refractivity contribution >= 4 is 5.91 Å². The van der Waals surface area contributed by atoms with Gasteiger partial charge in [-0.25, -0.2) is 0 Å². The number of carbonyl (C=O) groups is 1. The molecule has 0 radical (unpaired) electrons. The molecule has 1 aromatic carbocycles. The summed E-state index contributed by atoms with van der Waals surface area (Å²) in [7, 11) is 0. The Morgan fingerprint density at radius 1 is 1.21 bits per heavy atom. The van der Waals surface area contributed by atoms with E-state index < -0.39 is 11.7 Å². The van der Waals surface area contributed by atoms with E-state index in [9.17, 15) is 18.0 Å². The number of carbonyl (C=O) groups excluding carboxylic acids is 1. The molecule has 0 spiro atoms. The summed E-state index contributed by atoms with van der Waals surface area (Å²) in [6.45, 7) is 6.90. The molecule has 1 N–H and O–H groups in total. The van der Waals surface area contributed by atoms with Crippen molar-refractivity contribution in [2.24, 2.45) is 11.3 Å². The lowest BCUT2D eigenvalue weighted by Crippen LogP contribution is -2.30. The summed E-state index contributed by atoms with van der Waals surface area (Å²) in [6, 6.07) is 4.97. The summed E-state index contributed by atoms with van der Waals surface area (Å²) in [5.74, 6) is 0.943. The minimum atomic E-state index is -4.34. The van der Waals surface area contributed by atoms with Crippen LogP contribution in [0.2, 0.25) is 0 Å². The highest BCUT2D eigenvalue weighted by atomic mass is 19.4. The van der Waals surface area contributed by atoms with Gasteiger partial charge in [-0.3, -0.25) is 4.79 Å². The molecule has 1 aliphatic rings. The summed E-state index contributed by atoms with van der Waals surface area (Å²) >= 11 is 0. The first-order chi connectivity index (χ1) is 13.1. The minimum Gasteiger partial charge on any atom is -0.360 e. The normalized spacial score (nSPS) is 17.3. The molecule has 152 valence electrons. The van der Waals surface area contributed by atoms with Crippen molar-refractivity contribution in [3.63, 3.8) is 0 Å². The van der Waals surface area contributed by atoms with Gasteiger partial charge in [0.1, 0.15) is 5.76 Å². The van der Waals surface area contributed by atoms with Gasteiger partial charge in [-0.1, -0.05) is 38.1 Å². The van der Waals surface area contributed by atoms with E-state index >= 15 is 0 Å². The Bertz CT molecular complexity index is 833. The van der Waals surface area contributed by atoms with Crippen molar-refractivity contribution < 1.29 is 22.5 Å². The molecule has 0 fully saturated rings. The number of fused-ring (bicyclic) bond motifs is 1. The van der Waals surface area contributed by atoms with E-state index in [1.807, 2.05) is 0 Å². The van der Waals surface area contributed by atoms with E-state index in [-0.39, 0.29) is 11.3 Å². The van der Waals surface area contributed by atoms with Crippen LogP contribution >= 0.6 is 0 Å². The van der Waals surface area contributed by atoms with Gasteiger partial charge in [0.2, 0.25) is 0 Å². The second kappa shape index (κ2) is 7.60. The summed E-state index contributed by atoms with van der Waals surface area (Å²) in [4.78, 5) is 12.5. The molecular weight excluding hydrogens is 369 g/mol. The van der Waals surface area contributed by atoms with E-state index in [1.165, 1.54) is 12.1 Å². The average Bonchev–Trinajstić information content (AvgIpc) is 3.04. The number of aryl methyl sites for hydroxylation is 1. The summed E-state index contributed by atoms with van der Waals surface area (Å²) < 4.78 is 43.2. The van der Waals surface area contributed by atoms with Gasteiger partial charge < -0.3 is 9.84 Å². The van der Waals surface area contributed by atoms with Crippen LogP contribution in [0.1, 0.15) is 60.1 Å². The number of aromatic nitrogens is 1. The number of halogens is 3. The fraction of sp³-hybridized carbons (Fsp3) is 0.524. The van der Waals surface area contributed by atoms with Gasteiger partial charge in [-0.2, -0.15) is 13.2 Å². The molecule has 0 saturated carbocycles. The maximum atomic E-state index is 12.6. The summed E-state index contributed by atoms with van der Waals surface area (Å²) in [5.41, 5.74) is 1.41. The quantitative estimate of drug-likeness (QED) is 0.809. The van der Waals surface area contributed by atoms with Crippen LogP contribution in [0.25, 0.3) is 0 Å².